The van der Waals surface area contributed by atoms with Crippen molar-refractivity contribution in [3.05, 3.63) is 23.3 Å². The Kier molecular flexibility index (Phi) is 5.44. The highest BCUT2D eigenvalue weighted by atomic mass is 16.5. The lowest BCUT2D eigenvalue weighted by molar-refractivity contribution is 0.301. The van der Waals surface area contributed by atoms with Crippen LogP contribution in [0.3, 0.4) is 0 Å². The van der Waals surface area contributed by atoms with Gasteiger partial charge in [0.05, 0.1) is 14.2 Å². The van der Waals surface area contributed by atoms with Crippen molar-refractivity contribution in [2.45, 2.75) is 26.4 Å². The van der Waals surface area contributed by atoms with Crippen LogP contribution in [0.1, 0.15) is 18.1 Å². The molecule has 102 valence electrons. The standard InChI is InChI=1S/C14H24N2O2/c1-10-6-14(18-5)12(7-13(10)17-4)9-16(3)8-11(2)15/h6-7,11H,8-9,15H2,1-5H3. The molecule has 0 fully saturated rings. The third-order valence-corrected chi connectivity index (χ3v) is 2.84. The summed E-state index contributed by atoms with van der Waals surface area (Å²) >= 11 is 0. The second-order valence-electron chi connectivity index (χ2n) is 4.81. The molecule has 0 aliphatic heterocycles. The molecule has 0 saturated carbocycles. The topological polar surface area (TPSA) is 47.7 Å². The van der Waals surface area contributed by atoms with Gasteiger partial charge in [0.2, 0.25) is 0 Å². The maximum atomic E-state index is 5.80. The quantitative estimate of drug-likeness (QED) is 0.838. The van der Waals surface area contributed by atoms with E-state index in [9.17, 15) is 0 Å². The first-order chi connectivity index (χ1) is 8.47. The average molecular weight is 252 g/mol. The van der Waals surface area contributed by atoms with E-state index < -0.39 is 0 Å². The van der Waals surface area contributed by atoms with Crippen molar-refractivity contribution in [3.8, 4) is 11.5 Å². The van der Waals surface area contributed by atoms with E-state index in [4.69, 9.17) is 15.2 Å². The second kappa shape index (κ2) is 6.61. The number of likely N-dealkylation sites (N-methyl/N-ethyl adjacent to an activating group) is 1. The number of methoxy groups -OCH3 is 2. The second-order valence-corrected chi connectivity index (χ2v) is 4.81. The molecule has 0 saturated heterocycles. The van der Waals surface area contributed by atoms with Gasteiger partial charge in [0.25, 0.3) is 0 Å². The minimum atomic E-state index is 0.160. The molecular formula is C14H24N2O2. The summed E-state index contributed by atoms with van der Waals surface area (Å²) < 4.78 is 10.8. The highest BCUT2D eigenvalue weighted by Crippen LogP contribution is 2.28. The highest BCUT2D eigenvalue weighted by Gasteiger charge is 2.11. The van der Waals surface area contributed by atoms with Crippen LogP contribution in [0.5, 0.6) is 11.5 Å². The molecule has 1 atom stereocenters. The van der Waals surface area contributed by atoms with Crippen LogP contribution < -0.4 is 15.2 Å². The molecule has 4 heteroatoms. The molecule has 0 aliphatic carbocycles. The third kappa shape index (κ3) is 3.89. The number of rotatable bonds is 6. The zero-order valence-corrected chi connectivity index (χ0v) is 12.0. The average Bonchev–Trinajstić information content (AvgIpc) is 2.29. The Balaban J connectivity index is 2.92. The Morgan fingerprint density at radius 2 is 1.83 bits per heavy atom. The Hall–Kier alpha value is -1.26. The van der Waals surface area contributed by atoms with E-state index >= 15 is 0 Å². The van der Waals surface area contributed by atoms with E-state index in [-0.39, 0.29) is 6.04 Å². The maximum absolute atomic E-state index is 5.80. The van der Waals surface area contributed by atoms with Gasteiger partial charge in [-0.15, -0.1) is 0 Å². The number of ether oxygens (including phenoxy) is 2. The summed E-state index contributed by atoms with van der Waals surface area (Å²) in [5.74, 6) is 1.78. The van der Waals surface area contributed by atoms with Crippen molar-refractivity contribution in [2.24, 2.45) is 5.73 Å². The fraction of sp³-hybridized carbons (Fsp3) is 0.571. The number of nitrogens with zero attached hydrogens (tertiary/aromatic N) is 1. The molecule has 0 heterocycles. The minimum Gasteiger partial charge on any atom is -0.496 e. The molecule has 4 nitrogen and oxygen atoms in total. The first-order valence-electron chi connectivity index (χ1n) is 6.13. The Bertz CT molecular complexity index is 392. The summed E-state index contributed by atoms with van der Waals surface area (Å²) in [6, 6.07) is 4.20. The third-order valence-electron chi connectivity index (χ3n) is 2.84. The van der Waals surface area contributed by atoms with Crippen LogP contribution in [0.2, 0.25) is 0 Å². The summed E-state index contributed by atoms with van der Waals surface area (Å²) in [4.78, 5) is 2.18. The Morgan fingerprint density at radius 1 is 1.22 bits per heavy atom. The summed E-state index contributed by atoms with van der Waals surface area (Å²) in [5.41, 5.74) is 7.99. The monoisotopic (exact) mass is 252 g/mol. The van der Waals surface area contributed by atoms with Crippen LogP contribution >= 0.6 is 0 Å². The predicted octanol–water partition coefficient (Wildman–Crippen LogP) is 1.79. The molecule has 0 amide bonds. The predicted molar refractivity (Wildman–Crippen MR) is 74.3 cm³/mol. The number of hydrogen-bond donors (Lipinski definition) is 1. The van der Waals surface area contributed by atoms with Crippen molar-refractivity contribution in [3.63, 3.8) is 0 Å². The highest BCUT2D eigenvalue weighted by molar-refractivity contribution is 5.45. The molecule has 0 aliphatic rings. The molecule has 1 aromatic rings. The van der Waals surface area contributed by atoms with Gasteiger partial charge in [-0.2, -0.15) is 0 Å². The number of benzene rings is 1. The lowest BCUT2D eigenvalue weighted by Crippen LogP contribution is -2.32. The van der Waals surface area contributed by atoms with Crippen LogP contribution in [0.25, 0.3) is 0 Å². The van der Waals surface area contributed by atoms with Gasteiger partial charge < -0.3 is 20.1 Å². The molecule has 0 bridgehead atoms. The molecule has 0 spiro atoms. The molecule has 0 aromatic heterocycles. The van der Waals surface area contributed by atoms with Crippen LogP contribution in [0, 0.1) is 6.92 Å². The van der Waals surface area contributed by atoms with Gasteiger partial charge in [0.15, 0.2) is 0 Å². The van der Waals surface area contributed by atoms with Crippen LogP contribution in [-0.2, 0) is 6.54 Å². The molecular weight excluding hydrogens is 228 g/mol. The first kappa shape index (κ1) is 14.8. The van der Waals surface area contributed by atoms with E-state index in [1.54, 1.807) is 14.2 Å². The van der Waals surface area contributed by atoms with Crippen LogP contribution in [-0.4, -0.2) is 38.8 Å². The van der Waals surface area contributed by atoms with Crippen molar-refractivity contribution in [1.29, 1.82) is 0 Å². The zero-order chi connectivity index (χ0) is 13.7. The van der Waals surface area contributed by atoms with Crippen LogP contribution in [0.15, 0.2) is 12.1 Å². The lowest BCUT2D eigenvalue weighted by atomic mass is 10.1. The van der Waals surface area contributed by atoms with Gasteiger partial charge in [-0.1, -0.05) is 0 Å². The minimum absolute atomic E-state index is 0.160. The van der Waals surface area contributed by atoms with Gasteiger partial charge in [0, 0.05) is 24.7 Å². The van der Waals surface area contributed by atoms with Gasteiger partial charge >= 0.3 is 0 Å². The summed E-state index contributed by atoms with van der Waals surface area (Å²) in [6.45, 7) is 5.65. The number of hydrogen-bond acceptors (Lipinski definition) is 4. The molecule has 1 unspecified atom stereocenters. The molecule has 0 radical (unpaired) electrons. The van der Waals surface area contributed by atoms with E-state index in [2.05, 4.69) is 11.9 Å². The largest absolute Gasteiger partial charge is 0.496 e. The summed E-state index contributed by atoms with van der Waals surface area (Å²) in [6.07, 6.45) is 0. The zero-order valence-electron chi connectivity index (χ0n) is 12.0. The van der Waals surface area contributed by atoms with Crippen molar-refractivity contribution in [1.82, 2.24) is 4.90 Å². The SMILES string of the molecule is COc1cc(CN(C)CC(C)N)c(OC)cc1C. The molecule has 2 N–H and O–H groups in total. The lowest BCUT2D eigenvalue weighted by Gasteiger charge is -2.21. The Labute approximate surface area is 110 Å². The van der Waals surface area contributed by atoms with Crippen LogP contribution in [0.4, 0.5) is 0 Å². The van der Waals surface area contributed by atoms with Gasteiger partial charge in [-0.3, -0.25) is 0 Å². The molecule has 18 heavy (non-hydrogen) atoms. The maximum Gasteiger partial charge on any atom is 0.123 e. The first-order valence-corrected chi connectivity index (χ1v) is 6.13. The fourth-order valence-electron chi connectivity index (χ4n) is 2.08. The van der Waals surface area contributed by atoms with Gasteiger partial charge in [-0.05, 0) is 38.6 Å². The molecule has 1 aromatic carbocycles. The van der Waals surface area contributed by atoms with Gasteiger partial charge in [-0.25, -0.2) is 0 Å². The smallest absolute Gasteiger partial charge is 0.123 e. The van der Waals surface area contributed by atoms with Crippen molar-refractivity contribution >= 4 is 0 Å². The summed E-state index contributed by atoms with van der Waals surface area (Å²) in [7, 11) is 5.43. The van der Waals surface area contributed by atoms with Crippen molar-refractivity contribution < 1.29 is 9.47 Å². The fourth-order valence-corrected chi connectivity index (χ4v) is 2.08. The van der Waals surface area contributed by atoms with E-state index in [0.717, 1.165) is 35.7 Å². The van der Waals surface area contributed by atoms with Gasteiger partial charge in [0.1, 0.15) is 11.5 Å². The van der Waals surface area contributed by atoms with E-state index in [1.165, 1.54) is 0 Å². The number of aryl methyl sites for hydroxylation is 1. The van der Waals surface area contributed by atoms with E-state index in [0.29, 0.717) is 0 Å². The van der Waals surface area contributed by atoms with Crippen molar-refractivity contribution in [2.75, 3.05) is 27.8 Å². The Morgan fingerprint density at radius 3 is 2.33 bits per heavy atom. The summed E-state index contributed by atoms with van der Waals surface area (Å²) in [5, 5.41) is 0. The normalized spacial score (nSPS) is 12.6. The van der Waals surface area contributed by atoms with E-state index in [1.807, 2.05) is 26.0 Å². The number of nitrogens with two attached hydrogens (primary N) is 1. The molecule has 1 rings (SSSR count).